The molecule has 2 aromatic carbocycles. The number of hydrogen-bond donors (Lipinski definition) is 1. The second-order valence-electron chi connectivity index (χ2n) is 7.33. The Morgan fingerprint density at radius 2 is 1.81 bits per heavy atom. The number of amides is 1. The first-order valence-corrected chi connectivity index (χ1v) is 9.50. The fourth-order valence-electron chi connectivity index (χ4n) is 4.52. The van der Waals surface area contributed by atoms with Crippen molar-refractivity contribution in [3.8, 4) is 11.5 Å². The minimum Gasteiger partial charge on any atom is -0.503 e. The highest BCUT2D eigenvalue weighted by molar-refractivity contribution is 6.32. The molecular formula is C21H21ClFNO3. The maximum Gasteiger partial charge on any atom is 0.254 e. The van der Waals surface area contributed by atoms with E-state index in [2.05, 4.69) is 0 Å². The zero-order valence-electron chi connectivity index (χ0n) is 15.0. The molecule has 2 aliphatic heterocycles. The largest absolute Gasteiger partial charge is 0.503 e. The van der Waals surface area contributed by atoms with E-state index in [1.54, 1.807) is 0 Å². The Labute approximate surface area is 162 Å². The third-order valence-electron chi connectivity index (χ3n) is 5.80. The Balaban J connectivity index is 1.57. The van der Waals surface area contributed by atoms with Crippen LogP contribution in [0.15, 0.2) is 36.4 Å². The fraction of sp³-hybridized carbons (Fsp3) is 0.381. The lowest BCUT2D eigenvalue weighted by Gasteiger charge is -2.39. The van der Waals surface area contributed by atoms with Gasteiger partial charge >= 0.3 is 0 Å². The number of benzene rings is 2. The number of phenols is 1. The van der Waals surface area contributed by atoms with Crippen molar-refractivity contribution in [2.75, 3.05) is 7.11 Å². The molecule has 2 bridgehead atoms. The van der Waals surface area contributed by atoms with Crippen LogP contribution in [0.2, 0.25) is 5.02 Å². The maximum atomic E-state index is 13.2. The number of piperidine rings is 1. The number of rotatable bonds is 3. The number of fused-ring (bicyclic) bond motifs is 2. The molecule has 0 saturated carbocycles. The Bertz CT molecular complexity index is 856. The third-order valence-corrected chi connectivity index (χ3v) is 6.09. The first-order chi connectivity index (χ1) is 13.0. The molecule has 6 heteroatoms. The SMILES string of the molecule is COc1cc(C(=O)N2[C@@H]3CC[C@H]2CC(c2ccc(F)cc2)C3)cc(Cl)c1O. The highest BCUT2D eigenvalue weighted by Crippen LogP contribution is 2.44. The molecule has 2 saturated heterocycles. The number of aromatic hydroxyl groups is 1. The van der Waals surface area contributed by atoms with Crippen LogP contribution in [0, 0.1) is 5.82 Å². The van der Waals surface area contributed by atoms with Gasteiger partial charge in [0.05, 0.1) is 12.1 Å². The van der Waals surface area contributed by atoms with Gasteiger partial charge in [-0.3, -0.25) is 4.79 Å². The molecule has 0 radical (unpaired) electrons. The molecule has 2 fully saturated rings. The molecule has 0 aliphatic carbocycles. The molecule has 0 aromatic heterocycles. The summed E-state index contributed by atoms with van der Waals surface area (Å²) in [5.74, 6) is 0.0611. The second kappa shape index (κ2) is 7.04. The van der Waals surface area contributed by atoms with E-state index in [4.69, 9.17) is 16.3 Å². The molecule has 4 nitrogen and oxygen atoms in total. The Kier molecular flexibility index (Phi) is 4.72. The van der Waals surface area contributed by atoms with Crippen molar-refractivity contribution in [3.63, 3.8) is 0 Å². The zero-order valence-corrected chi connectivity index (χ0v) is 15.7. The van der Waals surface area contributed by atoms with Crippen molar-refractivity contribution in [1.29, 1.82) is 0 Å². The predicted octanol–water partition coefficient (Wildman–Crippen LogP) is 4.74. The highest BCUT2D eigenvalue weighted by Gasteiger charge is 2.43. The van der Waals surface area contributed by atoms with E-state index in [1.165, 1.54) is 31.4 Å². The van der Waals surface area contributed by atoms with Crippen LogP contribution in [0.4, 0.5) is 4.39 Å². The third kappa shape index (κ3) is 3.25. The normalized spacial score (nSPS) is 24.1. The summed E-state index contributed by atoms with van der Waals surface area (Å²) in [6, 6.07) is 10.0. The molecular weight excluding hydrogens is 369 g/mol. The smallest absolute Gasteiger partial charge is 0.254 e. The number of carbonyl (C=O) groups excluding carboxylic acids is 1. The minimum atomic E-state index is -0.229. The number of methoxy groups -OCH3 is 1. The van der Waals surface area contributed by atoms with Crippen LogP contribution < -0.4 is 4.74 Å². The van der Waals surface area contributed by atoms with Crippen LogP contribution in [0.3, 0.4) is 0 Å². The van der Waals surface area contributed by atoms with Crippen LogP contribution in [-0.4, -0.2) is 35.1 Å². The van der Waals surface area contributed by atoms with Gasteiger partial charge in [0, 0.05) is 17.6 Å². The summed E-state index contributed by atoms with van der Waals surface area (Å²) in [6.45, 7) is 0. The maximum absolute atomic E-state index is 13.2. The van der Waals surface area contributed by atoms with E-state index in [9.17, 15) is 14.3 Å². The summed E-state index contributed by atoms with van der Waals surface area (Å²) in [5.41, 5.74) is 1.56. The van der Waals surface area contributed by atoms with Gasteiger partial charge in [0.1, 0.15) is 5.82 Å². The average Bonchev–Trinajstić information content (AvgIpc) is 2.93. The topological polar surface area (TPSA) is 49.8 Å². The van der Waals surface area contributed by atoms with Crippen molar-refractivity contribution >= 4 is 17.5 Å². The Hall–Kier alpha value is -2.27. The van der Waals surface area contributed by atoms with Gasteiger partial charge in [0.25, 0.3) is 5.91 Å². The van der Waals surface area contributed by atoms with Gasteiger partial charge in [-0.1, -0.05) is 23.7 Å². The molecule has 1 unspecified atom stereocenters. The predicted molar refractivity (Wildman–Crippen MR) is 101 cm³/mol. The van der Waals surface area contributed by atoms with Crippen molar-refractivity contribution in [2.45, 2.75) is 43.7 Å². The van der Waals surface area contributed by atoms with E-state index in [0.717, 1.165) is 31.2 Å². The van der Waals surface area contributed by atoms with E-state index < -0.39 is 0 Å². The number of nitrogens with zero attached hydrogens (tertiary/aromatic N) is 1. The van der Waals surface area contributed by atoms with Gasteiger partial charge < -0.3 is 14.7 Å². The average molecular weight is 390 g/mol. The van der Waals surface area contributed by atoms with Gasteiger partial charge in [-0.2, -0.15) is 0 Å². The molecule has 2 heterocycles. The van der Waals surface area contributed by atoms with Crippen molar-refractivity contribution < 1.29 is 19.0 Å². The van der Waals surface area contributed by atoms with Gasteiger partial charge in [0.2, 0.25) is 0 Å². The summed E-state index contributed by atoms with van der Waals surface area (Å²) in [6.07, 6.45) is 3.68. The molecule has 1 amide bonds. The van der Waals surface area contributed by atoms with E-state index in [0.29, 0.717) is 11.5 Å². The Morgan fingerprint density at radius 3 is 2.41 bits per heavy atom. The minimum absolute atomic E-state index is 0.0831. The molecule has 142 valence electrons. The van der Waals surface area contributed by atoms with E-state index >= 15 is 0 Å². The number of phenolic OH excluding ortho intramolecular Hbond substituents is 1. The molecule has 27 heavy (non-hydrogen) atoms. The number of halogens is 2. The lowest BCUT2D eigenvalue weighted by Crippen LogP contribution is -2.46. The molecule has 4 rings (SSSR count). The summed E-state index contributed by atoms with van der Waals surface area (Å²) < 4.78 is 18.3. The highest BCUT2D eigenvalue weighted by atomic mass is 35.5. The standard InChI is InChI=1S/C21H21ClFNO3/c1-27-19-11-14(10-18(22)20(19)25)21(26)24-16-6-7-17(24)9-13(8-16)12-2-4-15(23)5-3-12/h2-5,10-11,13,16-17,25H,6-9H2,1H3/t13?,16-,17+. The van der Waals surface area contributed by atoms with Crippen LogP contribution in [0.25, 0.3) is 0 Å². The van der Waals surface area contributed by atoms with Gasteiger partial charge in [-0.25, -0.2) is 4.39 Å². The van der Waals surface area contributed by atoms with E-state index in [1.807, 2.05) is 17.0 Å². The monoisotopic (exact) mass is 389 g/mol. The fourth-order valence-corrected chi connectivity index (χ4v) is 4.73. The quantitative estimate of drug-likeness (QED) is 0.824. The molecule has 2 aromatic rings. The van der Waals surface area contributed by atoms with Crippen LogP contribution in [0.1, 0.15) is 47.5 Å². The number of hydrogen-bond acceptors (Lipinski definition) is 3. The van der Waals surface area contributed by atoms with Crippen molar-refractivity contribution in [2.24, 2.45) is 0 Å². The first kappa shape index (κ1) is 18.1. The van der Waals surface area contributed by atoms with Gasteiger partial charge in [-0.05, 0) is 61.4 Å². The number of ether oxygens (including phenoxy) is 1. The van der Waals surface area contributed by atoms with Crippen molar-refractivity contribution in [3.05, 3.63) is 58.4 Å². The van der Waals surface area contributed by atoms with Gasteiger partial charge in [0.15, 0.2) is 11.5 Å². The lowest BCUT2D eigenvalue weighted by atomic mass is 9.85. The first-order valence-electron chi connectivity index (χ1n) is 9.12. The zero-order chi connectivity index (χ0) is 19.1. The number of carbonyl (C=O) groups is 1. The van der Waals surface area contributed by atoms with Crippen LogP contribution in [-0.2, 0) is 0 Å². The molecule has 1 N–H and O–H groups in total. The van der Waals surface area contributed by atoms with Gasteiger partial charge in [-0.15, -0.1) is 0 Å². The van der Waals surface area contributed by atoms with E-state index in [-0.39, 0.29) is 40.3 Å². The van der Waals surface area contributed by atoms with Crippen LogP contribution >= 0.6 is 11.6 Å². The second-order valence-corrected chi connectivity index (χ2v) is 7.73. The lowest BCUT2D eigenvalue weighted by molar-refractivity contribution is 0.0571. The van der Waals surface area contributed by atoms with Crippen LogP contribution in [0.5, 0.6) is 11.5 Å². The summed E-state index contributed by atoms with van der Waals surface area (Å²) in [5, 5.41) is 10.0. The summed E-state index contributed by atoms with van der Waals surface area (Å²) >= 11 is 6.05. The summed E-state index contributed by atoms with van der Waals surface area (Å²) in [7, 11) is 1.43. The Morgan fingerprint density at radius 1 is 1.19 bits per heavy atom. The molecule has 3 atom stereocenters. The molecule has 2 aliphatic rings. The summed E-state index contributed by atoms with van der Waals surface area (Å²) in [4.78, 5) is 15.1. The van der Waals surface area contributed by atoms with Crippen molar-refractivity contribution in [1.82, 2.24) is 4.90 Å². The molecule has 0 spiro atoms.